The highest BCUT2D eigenvalue weighted by Crippen LogP contribution is 2.32. The van der Waals surface area contributed by atoms with Crippen LogP contribution in [0.15, 0.2) is 83.7 Å². The lowest BCUT2D eigenvalue weighted by molar-refractivity contribution is -0.140. The molecule has 0 aliphatic carbocycles. The van der Waals surface area contributed by atoms with Crippen LogP contribution >= 0.6 is 0 Å². The van der Waals surface area contributed by atoms with E-state index in [0.717, 1.165) is 17.2 Å². The van der Waals surface area contributed by atoms with Gasteiger partial charge in [0.05, 0.1) is 23.8 Å². The van der Waals surface area contributed by atoms with Gasteiger partial charge in [-0.2, -0.15) is 13.2 Å². The van der Waals surface area contributed by atoms with E-state index in [1.165, 1.54) is 9.47 Å². The Morgan fingerprint density at radius 1 is 0.947 bits per heavy atom. The first kappa shape index (κ1) is 25.2. The van der Waals surface area contributed by atoms with E-state index in [4.69, 9.17) is 5.73 Å². The molecule has 5 rings (SSSR count). The van der Waals surface area contributed by atoms with Crippen molar-refractivity contribution in [3.8, 4) is 0 Å². The molecule has 0 saturated carbocycles. The van der Waals surface area contributed by atoms with Gasteiger partial charge in [-0.1, -0.05) is 60.7 Å². The number of hydrogen-bond donors (Lipinski definition) is 1. The molecule has 3 aromatic carbocycles. The van der Waals surface area contributed by atoms with E-state index in [1.54, 1.807) is 0 Å². The summed E-state index contributed by atoms with van der Waals surface area (Å²) in [5, 5.41) is 0. The fraction of sp³-hybridized carbons (Fsp3) is 0.179. The maximum Gasteiger partial charge on any atom is 0.419 e. The van der Waals surface area contributed by atoms with Gasteiger partial charge < -0.3 is 10.6 Å². The average Bonchev–Trinajstić information content (AvgIpc) is 2.90. The fourth-order valence-electron chi connectivity index (χ4n) is 4.77. The Kier molecular flexibility index (Phi) is 6.48. The predicted molar refractivity (Wildman–Crippen MR) is 133 cm³/mol. The zero-order chi connectivity index (χ0) is 27.0. The molecule has 1 aliphatic rings. The maximum absolute atomic E-state index is 14.1. The van der Waals surface area contributed by atoms with Gasteiger partial charge in [0.1, 0.15) is 5.82 Å². The molecule has 2 heterocycles. The minimum Gasteiger partial charge on any atom is -0.369 e. The second-order valence-corrected chi connectivity index (χ2v) is 8.96. The van der Waals surface area contributed by atoms with Gasteiger partial charge in [-0.05, 0) is 35.7 Å². The van der Waals surface area contributed by atoms with Crippen LogP contribution in [0.2, 0.25) is 0 Å². The normalized spacial score (nSPS) is 13.4. The molecule has 10 heteroatoms. The van der Waals surface area contributed by atoms with E-state index in [9.17, 15) is 27.2 Å². The molecule has 0 bridgehead atoms. The number of nitrogens with zero attached hydrogens (tertiary/aromatic N) is 3. The molecule has 0 spiro atoms. The van der Waals surface area contributed by atoms with Gasteiger partial charge >= 0.3 is 6.18 Å². The van der Waals surface area contributed by atoms with Crippen LogP contribution < -0.4 is 11.3 Å². The smallest absolute Gasteiger partial charge is 0.369 e. The number of rotatable bonds is 4. The van der Waals surface area contributed by atoms with Crippen LogP contribution in [0.5, 0.6) is 0 Å². The Bertz CT molecular complexity index is 1510. The van der Waals surface area contributed by atoms with Gasteiger partial charge in [-0.3, -0.25) is 14.2 Å². The summed E-state index contributed by atoms with van der Waals surface area (Å²) in [7, 11) is 0. The number of carbonyl (C=O) groups is 1. The van der Waals surface area contributed by atoms with E-state index in [0.29, 0.717) is 23.4 Å². The summed E-state index contributed by atoms with van der Waals surface area (Å²) in [6, 6.07) is 20.3. The summed E-state index contributed by atoms with van der Waals surface area (Å²) in [5.74, 6) is -2.24. The van der Waals surface area contributed by atoms with Crippen molar-refractivity contribution in [2.45, 2.75) is 25.2 Å². The van der Waals surface area contributed by atoms with Gasteiger partial charge in [0, 0.05) is 17.7 Å². The minimum atomic E-state index is -4.87. The number of nitrogens with two attached hydrogens (primary N) is 1. The first-order chi connectivity index (χ1) is 18.1. The third-order valence-corrected chi connectivity index (χ3v) is 6.59. The largest absolute Gasteiger partial charge is 0.419 e. The molecule has 1 aliphatic heterocycles. The molecule has 2 N–H and O–H groups in total. The summed E-state index contributed by atoms with van der Waals surface area (Å²) in [4.78, 5) is 32.5. The first-order valence-corrected chi connectivity index (χ1v) is 11.8. The molecule has 1 aromatic heterocycles. The number of amides is 1. The van der Waals surface area contributed by atoms with Gasteiger partial charge in [0.25, 0.3) is 11.5 Å². The Morgan fingerprint density at radius 3 is 2.11 bits per heavy atom. The number of halogens is 4. The molecule has 194 valence electrons. The number of hydrogen-bond acceptors (Lipinski definition) is 4. The van der Waals surface area contributed by atoms with Crippen molar-refractivity contribution < 1.29 is 22.4 Å². The number of benzene rings is 3. The number of aromatic nitrogens is 2. The molecule has 0 atom stereocenters. The fourth-order valence-corrected chi connectivity index (χ4v) is 4.77. The lowest BCUT2D eigenvalue weighted by atomic mass is 9.97. The molecule has 0 fully saturated rings. The average molecular weight is 523 g/mol. The molecule has 38 heavy (non-hydrogen) atoms. The van der Waals surface area contributed by atoms with Crippen molar-refractivity contribution in [1.29, 1.82) is 0 Å². The Morgan fingerprint density at radius 2 is 1.55 bits per heavy atom. The van der Waals surface area contributed by atoms with E-state index in [-0.39, 0.29) is 36.6 Å². The molecular weight excluding hydrogens is 500 g/mol. The Balaban J connectivity index is 1.49. The summed E-state index contributed by atoms with van der Waals surface area (Å²) >= 11 is 0. The van der Waals surface area contributed by atoms with Crippen molar-refractivity contribution in [2.24, 2.45) is 0 Å². The van der Waals surface area contributed by atoms with Crippen LogP contribution in [0.25, 0.3) is 0 Å². The second kappa shape index (κ2) is 9.77. The van der Waals surface area contributed by atoms with Gasteiger partial charge in [0.2, 0.25) is 5.95 Å². The van der Waals surface area contributed by atoms with E-state index in [2.05, 4.69) is 4.98 Å². The summed E-state index contributed by atoms with van der Waals surface area (Å²) in [6.45, 7) is 0.0229. The van der Waals surface area contributed by atoms with Gasteiger partial charge in [-0.25, -0.2) is 9.37 Å². The summed E-state index contributed by atoms with van der Waals surface area (Å²) in [6.07, 6.45) is -4.71. The Labute approximate surface area is 215 Å². The molecule has 0 saturated heterocycles. The van der Waals surface area contributed by atoms with Crippen LogP contribution in [0, 0.1) is 5.82 Å². The molecule has 1 amide bonds. The van der Waals surface area contributed by atoms with E-state index >= 15 is 0 Å². The van der Waals surface area contributed by atoms with Crippen LogP contribution in [0.4, 0.5) is 23.5 Å². The standard InChI is InChI=1S/C28H22F4N4O2/c29-22-15-19(11-12-21(22)28(30,31)32)25(37)35-14-13-20-23(16-35)34-27(33)36(26(20)38)24(17-7-3-1-4-8-17)18-9-5-2-6-10-18/h1-12,15,24H,13-14,16H2,(H2,33,34). The van der Waals surface area contributed by atoms with Crippen molar-refractivity contribution >= 4 is 11.9 Å². The number of alkyl halides is 3. The quantitative estimate of drug-likeness (QED) is 0.390. The van der Waals surface area contributed by atoms with Crippen molar-refractivity contribution in [2.75, 3.05) is 12.3 Å². The monoisotopic (exact) mass is 522 g/mol. The SMILES string of the molecule is Nc1nc2c(c(=O)n1C(c1ccccc1)c1ccccc1)CCN(C(=O)c1ccc(C(F)(F)F)c(F)c1)C2. The topological polar surface area (TPSA) is 81.2 Å². The van der Waals surface area contributed by atoms with E-state index < -0.39 is 29.5 Å². The highest BCUT2D eigenvalue weighted by atomic mass is 19.4. The minimum absolute atomic E-state index is 0.0404. The van der Waals surface area contributed by atoms with Crippen LogP contribution in [0.1, 0.15) is 44.3 Å². The zero-order valence-corrected chi connectivity index (χ0v) is 20.0. The third-order valence-electron chi connectivity index (χ3n) is 6.59. The lowest BCUT2D eigenvalue weighted by Crippen LogP contribution is -2.42. The molecular formula is C28H22F4N4O2. The molecule has 4 aromatic rings. The third kappa shape index (κ3) is 4.65. The van der Waals surface area contributed by atoms with Crippen molar-refractivity contribution in [3.63, 3.8) is 0 Å². The first-order valence-electron chi connectivity index (χ1n) is 11.8. The van der Waals surface area contributed by atoms with E-state index in [1.807, 2.05) is 60.7 Å². The van der Waals surface area contributed by atoms with Crippen molar-refractivity contribution in [3.05, 3.63) is 129 Å². The highest BCUT2D eigenvalue weighted by Gasteiger charge is 2.35. The van der Waals surface area contributed by atoms with Crippen LogP contribution in [-0.4, -0.2) is 26.9 Å². The van der Waals surface area contributed by atoms with Crippen molar-refractivity contribution in [1.82, 2.24) is 14.5 Å². The molecule has 0 radical (unpaired) electrons. The number of nitrogen functional groups attached to an aromatic ring is 1. The van der Waals surface area contributed by atoms with Gasteiger partial charge in [-0.15, -0.1) is 0 Å². The highest BCUT2D eigenvalue weighted by molar-refractivity contribution is 5.94. The van der Waals surface area contributed by atoms with Gasteiger partial charge in [0.15, 0.2) is 0 Å². The maximum atomic E-state index is 14.1. The summed E-state index contributed by atoms with van der Waals surface area (Å²) < 4.78 is 54.2. The number of anilines is 1. The number of fused-ring (bicyclic) bond motifs is 1. The second-order valence-electron chi connectivity index (χ2n) is 8.96. The van der Waals surface area contributed by atoms with Crippen LogP contribution in [-0.2, 0) is 19.1 Å². The zero-order valence-electron chi connectivity index (χ0n) is 20.0. The predicted octanol–water partition coefficient (Wildman–Crippen LogP) is 4.82. The Hall–Kier alpha value is -4.47. The molecule has 0 unspecified atom stereocenters. The number of carbonyl (C=O) groups excluding carboxylic acids is 1. The lowest BCUT2D eigenvalue weighted by Gasteiger charge is -2.30. The van der Waals surface area contributed by atoms with Crippen LogP contribution in [0.3, 0.4) is 0 Å². The summed E-state index contributed by atoms with van der Waals surface area (Å²) in [5.41, 5.74) is 6.70. The molecule has 6 nitrogen and oxygen atoms in total.